The first-order valence-corrected chi connectivity index (χ1v) is 7.36. The Labute approximate surface area is 108 Å². The van der Waals surface area contributed by atoms with E-state index < -0.39 is 0 Å². The first kappa shape index (κ1) is 12.8. The molecule has 0 aromatic carbocycles. The fraction of sp³-hybridized carbons (Fsp3) is 0.769. The van der Waals surface area contributed by atoms with Gasteiger partial charge in [0.25, 0.3) is 0 Å². The van der Waals surface area contributed by atoms with Crippen molar-refractivity contribution in [1.82, 2.24) is 4.98 Å². The van der Waals surface area contributed by atoms with Gasteiger partial charge in [0.05, 0.1) is 5.69 Å². The van der Waals surface area contributed by atoms with Crippen molar-refractivity contribution in [2.24, 2.45) is 5.73 Å². The van der Waals surface area contributed by atoms with Gasteiger partial charge in [-0.1, -0.05) is 13.3 Å². The Balaban J connectivity index is 2.27. The van der Waals surface area contributed by atoms with E-state index in [4.69, 9.17) is 10.7 Å². The summed E-state index contributed by atoms with van der Waals surface area (Å²) in [5.74, 6) is 0. The summed E-state index contributed by atoms with van der Waals surface area (Å²) in [7, 11) is 0. The molecule has 0 aliphatic carbocycles. The molecule has 0 saturated carbocycles. The van der Waals surface area contributed by atoms with E-state index in [0.29, 0.717) is 6.54 Å². The van der Waals surface area contributed by atoms with E-state index in [-0.39, 0.29) is 5.54 Å². The van der Waals surface area contributed by atoms with Crippen molar-refractivity contribution in [3.63, 3.8) is 0 Å². The molecule has 0 amide bonds. The van der Waals surface area contributed by atoms with E-state index >= 15 is 0 Å². The van der Waals surface area contributed by atoms with Gasteiger partial charge in [0.1, 0.15) is 0 Å². The first-order valence-electron chi connectivity index (χ1n) is 6.54. The number of anilines is 1. The summed E-state index contributed by atoms with van der Waals surface area (Å²) in [6.07, 6.45) is 4.72. The molecule has 1 aromatic heterocycles. The Hall–Kier alpha value is -0.610. The van der Waals surface area contributed by atoms with Gasteiger partial charge in [-0.15, -0.1) is 11.3 Å². The highest BCUT2D eigenvalue weighted by atomic mass is 32.1. The molecule has 0 unspecified atom stereocenters. The van der Waals surface area contributed by atoms with Crippen LogP contribution in [-0.2, 0) is 13.0 Å². The van der Waals surface area contributed by atoms with Crippen molar-refractivity contribution in [3.05, 3.63) is 10.6 Å². The molecular weight excluding hydrogens is 230 g/mol. The SMILES string of the molecule is CCCc1nc(N2CCCC2(C)C)sc1CN. The second kappa shape index (κ2) is 4.94. The smallest absolute Gasteiger partial charge is 0.186 e. The lowest BCUT2D eigenvalue weighted by atomic mass is 10.0. The number of aromatic nitrogens is 1. The number of hydrogen-bond acceptors (Lipinski definition) is 4. The van der Waals surface area contributed by atoms with Gasteiger partial charge in [-0.2, -0.15) is 0 Å². The van der Waals surface area contributed by atoms with E-state index in [1.807, 2.05) is 0 Å². The molecular formula is C13H23N3S. The number of thiazole rings is 1. The minimum Gasteiger partial charge on any atom is -0.343 e. The van der Waals surface area contributed by atoms with Crippen molar-refractivity contribution >= 4 is 16.5 Å². The Morgan fingerprint density at radius 1 is 1.47 bits per heavy atom. The minimum absolute atomic E-state index is 0.257. The third-order valence-corrected chi connectivity index (χ3v) is 4.71. The molecule has 0 bridgehead atoms. The summed E-state index contributed by atoms with van der Waals surface area (Å²) in [5.41, 5.74) is 7.29. The van der Waals surface area contributed by atoms with Gasteiger partial charge in [0, 0.05) is 23.5 Å². The molecule has 2 heterocycles. The molecule has 96 valence electrons. The zero-order valence-electron chi connectivity index (χ0n) is 11.1. The van der Waals surface area contributed by atoms with E-state index in [9.17, 15) is 0 Å². The topological polar surface area (TPSA) is 42.2 Å². The van der Waals surface area contributed by atoms with E-state index in [1.54, 1.807) is 11.3 Å². The van der Waals surface area contributed by atoms with Gasteiger partial charge < -0.3 is 10.6 Å². The van der Waals surface area contributed by atoms with Gasteiger partial charge in [-0.3, -0.25) is 0 Å². The minimum atomic E-state index is 0.257. The molecule has 2 rings (SSSR count). The van der Waals surface area contributed by atoms with Crippen LogP contribution in [0.4, 0.5) is 5.13 Å². The van der Waals surface area contributed by atoms with Crippen molar-refractivity contribution in [3.8, 4) is 0 Å². The van der Waals surface area contributed by atoms with Gasteiger partial charge in [-0.25, -0.2) is 4.98 Å². The number of aryl methyl sites for hydroxylation is 1. The summed E-state index contributed by atoms with van der Waals surface area (Å²) in [6.45, 7) is 8.57. The number of nitrogens with two attached hydrogens (primary N) is 1. The van der Waals surface area contributed by atoms with Crippen LogP contribution >= 0.6 is 11.3 Å². The van der Waals surface area contributed by atoms with Crippen molar-refractivity contribution in [2.75, 3.05) is 11.4 Å². The molecule has 0 radical (unpaired) electrons. The zero-order chi connectivity index (χ0) is 12.5. The van der Waals surface area contributed by atoms with Crippen LogP contribution in [0.25, 0.3) is 0 Å². The Bertz CT molecular complexity index is 384. The summed E-state index contributed by atoms with van der Waals surface area (Å²) < 4.78 is 0. The van der Waals surface area contributed by atoms with Gasteiger partial charge in [0.2, 0.25) is 0 Å². The standard InChI is InChI=1S/C13H23N3S/c1-4-6-10-11(9-14)17-12(15-10)16-8-5-7-13(16,2)3/h4-9,14H2,1-3H3. The summed E-state index contributed by atoms with van der Waals surface area (Å²) in [5, 5.41) is 1.18. The van der Waals surface area contributed by atoms with Crippen LogP contribution in [0.1, 0.15) is 50.6 Å². The lowest BCUT2D eigenvalue weighted by molar-refractivity contribution is 0.517. The quantitative estimate of drug-likeness (QED) is 0.897. The summed E-state index contributed by atoms with van der Waals surface area (Å²) >= 11 is 1.79. The normalized spacial score (nSPS) is 18.9. The second-order valence-electron chi connectivity index (χ2n) is 5.39. The number of rotatable bonds is 4. The lowest BCUT2D eigenvalue weighted by Gasteiger charge is -2.31. The van der Waals surface area contributed by atoms with Crippen LogP contribution in [0.3, 0.4) is 0 Å². The van der Waals surface area contributed by atoms with Crippen LogP contribution in [0, 0.1) is 0 Å². The highest BCUT2D eigenvalue weighted by Crippen LogP contribution is 2.37. The molecule has 1 aliphatic rings. The van der Waals surface area contributed by atoms with E-state index in [0.717, 1.165) is 19.4 Å². The summed E-state index contributed by atoms with van der Waals surface area (Å²) in [6, 6.07) is 0. The zero-order valence-corrected chi connectivity index (χ0v) is 11.9. The third kappa shape index (κ3) is 2.47. The molecule has 1 aliphatic heterocycles. The lowest BCUT2D eigenvalue weighted by Crippen LogP contribution is -2.38. The first-order chi connectivity index (χ1) is 8.08. The Kier molecular flexibility index (Phi) is 3.73. The predicted octanol–water partition coefficient (Wildman–Crippen LogP) is 2.93. The highest BCUT2D eigenvalue weighted by Gasteiger charge is 2.34. The van der Waals surface area contributed by atoms with Gasteiger partial charge >= 0.3 is 0 Å². The van der Waals surface area contributed by atoms with Crippen molar-refractivity contribution in [2.45, 2.75) is 58.5 Å². The van der Waals surface area contributed by atoms with E-state index in [1.165, 1.54) is 28.5 Å². The maximum absolute atomic E-state index is 5.81. The maximum atomic E-state index is 5.81. The number of hydrogen-bond donors (Lipinski definition) is 1. The molecule has 1 aromatic rings. The average Bonchev–Trinajstić information content (AvgIpc) is 2.81. The van der Waals surface area contributed by atoms with Gasteiger partial charge in [-0.05, 0) is 33.1 Å². The Morgan fingerprint density at radius 2 is 2.24 bits per heavy atom. The maximum Gasteiger partial charge on any atom is 0.186 e. The third-order valence-electron chi connectivity index (χ3n) is 3.57. The molecule has 0 spiro atoms. The molecule has 1 fully saturated rings. The monoisotopic (exact) mass is 253 g/mol. The van der Waals surface area contributed by atoms with Crippen LogP contribution in [0.5, 0.6) is 0 Å². The van der Waals surface area contributed by atoms with Crippen LogP contribution in [-0.4, -0.2) is 17.1 Å². The predicted molar refractivity (Wildman–Crippen MR) is 74.7 cm³/mol. The van der Waals surface area contributed by atoms with Gasteiger partial charge in [0.15, 0.2) is 5.13 Å². The molecule has 0 atom stereocenters. The fourth-order valence-electron chi connectivity index (χ4n) is 2.54. The van der Waals surface area contributed by atoms with Crippen LogP contribution < -0.4 is 10.6 Å². The average molecular weight is 253 g/mol. The Morgan fingerprint density at radius 3 is 2.76 bits per heavy atom. The second-order valence-corrected chi connectivity index (χ2v) is 6.45. The van der Waals surface area contributed by atoms with Crippen molar-refractivity contribution < 1.29 is 0 Å². The van der Waals surface area contributed by atoms with Crippen LogP contribution in [0.15, 0.2) is 0 Å². The molecule has 4 heteroatoms. The molecule has 1 saturated heterocycles. The highest BCUT2D eigenvalue weighted by molar-refractivity contribution is 7.15. The molecule has 3 nitrogen and oxygen atoms in total. The fourth-order valence-corrected chi connectivity index (χ4v) is 3.71. The largest absolute Gasteiger partial charge is 0.343 e. The summed E-state index contributed by atoms with van der Waals surface area (Å²) in [4.78, 5) is 8.54. The van der Waals surface area contributed by atoms with Crippen molar-refractivity contribution in [1.29, 1.82) is 0 Å². The van der Waals surface area contributed by atoms with Crippen LogP contribution in [0.2, 0.25) is 0 Å². The van der Waals surface area contributed by atoms with E-state index in [2.05, 4.69) is 25.7 Å². The number of nitrogens with zero attached hydrogens (tertiary/aromatic N) is 2. The molecule has 2 N–H and O–H groups in total. The molecule has 17 heavy (non-hydrogen) atoms.